The van der Waals surface area contributed by atoms with Gasteiger partial charge in [-0.15, -0.1) is 0 Å². The molecule has 0 bridgehead atoms. The quantitative estimate of drug-likeness (QED) is 0.0733. The smallest absolute Gasteiger partial charge is 0.314 e. The Balaban J connectivity index is 2.22. The second-order valence-corrected chi connectivity index (χ2v) is 17.5. The molecule has 3 rings (SSSR count). The van der Waals surface area contributed by atoms with Gasteiger partial charge in [0.2, 0.25) is 6.79 Å². The number of aliphatic hydroxyl groups is 5. The summed E-state index contributed by atoms with van der Waals surface area (Å²) in [7, 11) is 6.75. The monoisotopic (exact) mass is 837 g/mol. The number of nitrogens with zero attached hydrogens (tertiary/aromatic N) is 2. The first-order valence-corrected chi connectivity index (χ1v) is 20.8. The molecule has 0 aromatic heterocycles. The first kappa shape index (κ1) is 50.8. The number of rotatable bonds is 14. The van der Waals surface area contributed by atoms with Crippen LogP contribution in [0.4, 0.5) is 0 Å². The Labute approximate surface area is 345 Å². The largest absolute Gasteiger partial charge is 0.462 e. The van der Waals surface area contributed by atoms with Gasteiger partial charge >= 0.3 is 5.97 Å². The van der Waals surface area contributed by atoms with Crippen molar-refractivity contribution in [2.45, 2.75) is 167 Å². The fraction of sp³-hybridized carbons (Fsp3) is 0.951. The molecule has 58 heavy (non-hydrogen) atoms. The van der Waals surface area contributed by atoms with Crippen LogP contribution in [-0.2, 0) is 47.5 Å². The zero-order valence-electron chi connectivity index (χ0n) is 37.1. The molecule has 17 nitrogen and oxygen atoms in total. The standard InChI is InChI=1S/C41H76N2O15/c1-14-30-24(4)33(45)25(5)32(42-53-21-52-16-15-50-12)22(2)18-40(8,49)37(58-39-34(46)29(43(10)11)17-23(3)54-39)26(6)35(28(20-44)38(48)56-30)57-31-19-41(9,51-13)36(47)27(7)55-31/h22-31,33-37,39,44-47,49H,14-21H2,1-13H3/b42-32+/t22-,23-,24+,25+,26+,27+,28-,29+,30-,31+,33+,34-,35+,36+,37-,39+,40-,41-/m1/s1. The van der Waals surface area contributed by atoms with Crippen LogP contribution in [0.2, 0.25) is 0 Å². The maximum Gasteiger partial charge on any atom is 0.314 e. The van der Waals surface area contributed by atoms with E-state index < -0.39 is 109 Å². The van der Waals surface area contributed by atoms with Crippen LogP contribution in [0.1, 0.15) is 88.0 Å². The molecule has 5 N–H and O–H groups in total. The fourth-order valence-corrected chi connectivity index (χ4v) is 8.93. The Kier molecular flexibility index (Phi) is 19.7. The Morgan fingerprint density at radius 3 is 2.19 bits per heavy atom. The van der Waals surface area contributed by atoms with Crippen LogP contribution in [0.25, 0.3) is 0 Å². The minimum atomic E-state index is -1.78. The van der Waals surface area contributed by atoms with Crippen LogP contribution in [0.5, 0.6) is 0 Å². The van der Waals surface area contributed by atoms with Gasteiger partial charge in [-0.1, -0.05) is 39.8 Å². The second-order valence-electron chi connectivity index (χ2n) is 17.5. The minimum Gasteiger partial charge on any atom is -0.462 e. The zero-order valence-corrected chi connectivity index (χ0v) is 37.1. The zero-order chi connectivity index (χ0) is 43.7. The van der Waals surface area contributed by atoms with Gasteiger partial charge in [0.25, 0.3) is 0 Å². The molecule has 0 aromatic rings. The van der Waals surface area contributed by atoms with Gasteiger partial charge in [-0.05, 0) is 61.1 Å². The van der Waals surface area contributed by atoms with Crippen molar-refractivity contribution in [3.8, 4) is 0 Å². The van der Waals surface area contributed by atoms with E-state index in [2.05, 4.69) is 5.16 Å². The van der Waals surface area contributed by atoms with Gasteiger partial charge in [0, 0.05) is 50.4 Å². The summed E-state index contributed by atoms with van der Waals surface area (Å²) in [5, 5.41) is 62.7. The third-order valence-electron chi connectivity index (χ3n) is 12.6. The second kappa shape index (κ2) is 22.5. The van der Waals surface area contributed by atoms with Gasteiger partial charge in [-0.2, -0.15) is 0 Å². The van der Waals surface area contributed by atoms with Gasteiger partial charge in [0.1, 0.15) is 24.2 Å². The highest BCUT2D eigenvalue weighted by atomic mass is 16.7. The average Bonchev–Trinajstić information content (AvgIpc) is 3.16. The van der Waals surface area contributed by atoms with Crippen molar-refractivity contribution in [3.63, 3.8) is 0 Å². The van der Waals surface area contributed by atoms with Crippen LogP contribution in [-0.4, -0.2) is 176 Å². The van der Waals surface area contributed by atoms with E-state index >= 15 is 0 Å². The van der Waals surface area contributed by atoms with E-state index in [4.69, 9.17) is 42.7 Å². The molecule has 17 heteroatoms. The molecule has 3 fully saturated rings. The number of cyclic esters (lactones) is 1. The highest BCUT2D eigenvalue weighted by molar-refractivity contribution is 5.88. The lowest BCUT2D eigenvalue weighted by atomic mass is 9.74. The van der Waals surface area contributed by atoms with Crippen molar-refractivity contribution in [1.82, 2.24) is 4.90 Å². The fourth-order valence-electron chi connectivity index (χ4n) is 8.93. The van der Waals surface area contributed by atoms with E-state index in [0.29, 0.717) is 25.2 Å². The Hall–Kier alpha value is -1.58. The summed E-state index contributed by atoms with van der Waals surface area (Å²) in [5.74, 6) is -4.83. The lowest BCUT2D eigenvalue weighted by Gasteiger charge is -2.49. The van der Waals surface area contributed by atoms with Crippen LogP contribution in [0, 0.1) is 29.6 Å². The number of likely N-dealkylation sites (N-methyl/N-ethyl adjacent to an activating group) is 1. The van der Waals surface area contributed by atoms with Gasteiger partial charge < -0.3 is 73.2 Å². The van der Waals surface area contributed by atoms with Crippen molar-refractivity contribution in [1.29, 1.82) is 0 Å². The van der Waals surface area contributed by atoms with Crippen LogP contribution < -0.4 is 0 Å². The van der Waals surface area contributed by atoms with Gasteiger partial charge in [0.05, 0.1) is 67.3 Å². The lowest BCUT2D eigenvalue weighted by Crippen LogP contribution is -2.61. The maximum absolute atomic E-state index is 14.4. The predicted octanol–water partition coefficient (Wildman–Crippen LogP) is 2.07. The van der Waals surface area contributed by atoms with Gasteiger partial charge in [-0.3, -0.25) is 4.79 Å². The number of carbonyl (C=O) groups is 1. The summed E-state index contributed by atoms with van der Waals surface area (Å²) in [6.07, 6.45) is -8.84. The molecule has 0 aliphatic carbocycles. The molecule has 3 saturated heterocycles. The van der Waals surface area contributed by atoms with E-state index in [9.17, 15) is 30.3 Å². The lowest BCUT2D eigenvalue weighted by molar-refractivity contribution is -0.318. The summed E-state index contributed by atoms with van der Waals surface area (Å²) < 4.78 is 48.2. The number of methoxy groups -OCH3 is 2. The molecule has 340 valence electrons. The molecule has 0 aromatic carbocycles. The molecule has 0 unspecified atom stereocenters. The molecule has 18 atom stereocenters. The molecule has 3 heterocycles. The highest BCUT2D eigenvalue weighted by Crippen LogP contribution is 2.40. The van der Waals surface area contributed by atoms with Crippen molar-refractivity contribution in [2.75, 3.05) is 54.9 Å². The average molecular weight is 837 g/mol. The predicted molar refractivity (Wildman–Crippen MR) is 212 cm³/mol. The van der Waals surface area contributed by atoms with Crippen molar-refractivity contribution >= 4 is 11.7 Å². The normalized spacial score (nSPS) is 44.5. The van der Waals surface area contributed by atoms with Crippen LogP contribution in [0.15, 0.2) is 5.16 Å². The van der Waals surface area contributed by atoms with Crippen molar-refractivity contribution in [3.05, 3.63) is 0 Å². The maximum atomic E-state index is 14.4. The molecule has 0 amide bonds. The van der Waals surface area contributed by atoms with Crippen LogP contribution >= 0.6 is 0 Å². The van der Waals surface area contributed by atoms with Gasteiger partial charge in [0.15, 0.2) is 12.6 Å². The van der Waals surface area contributed by atoms with Crippen molar-refractivity contribution < 1.29 is 73.1 Å². The minimum absolute atomic E-state index is 0.00127. The number of oxime groups is 1. The van der Waals surface area contributed by atoms with Crippen molar-refractivity contribution in [2.24, 2.45) is 34.7 Å². The van der Waals surface area contributed by atoms with E-state index in [0.717, 1.165) is 0 Å². The first-order chi connectivity index (χ1) is 27.2. The molecular formula is C41H76N2O15. The Morgan fingerprint density at radius 1 is 0.931 bits per heavy atom. The summed E-state index contributed by atoms with van der Waals surface area (Å²) in [5.41, 5.74) is -2.43. The first-order valence-electron chi connectivity index (χ1n) is 20.8. The SMILES string of the molecule is CC[C@H]1OC(=O)[C@H](CO)[C@@H](O[C@H]2C[C@@](C)(OC)[C@@H](O)[C@H](C)O2)[C@H](C)[C@@H](O[C@@H]2O[C@H](C)C[C@H](N(C)C)[C@H]2O)[C@](C)(O)C[C@@H](C)/C(=N\OCOCCOC)[C@H](C)[C@@H](O)[C@H]1C. The molecular weight excluding hydrogens is 760 g/mol. The number of hydrogen-bond acceptors (Lipinski definition) is 17. The molecule has 0 radical (unpaired) electrons. The molecule has 0 spiro atoms. The van der Waals surface area contributed by atoms with Gasteiger partial charge in [-0.25, -0.2) is 0 Å². The molecule has 3 aliphatic heterocycles. The summed E-state index contributed by atoms with van der Waals surface area (Å²) in [4.78, 5) is 21.9. The van der Waals surface area contributed by atoms with Crippen LogP contribution in [0.3, 0.4) is 0 Å². The Bertz CT molecular complexity index is 1280. The number of hydrogen-bond donors (Lipinski definition) is 5. The highest BCUT2D eigenvalue weighted by Gasteiger charge is 2.53. The topological polar surface area (TPSA) is 217 Å². The molecule has 0 saturated carbocycles. The third-order valence-corrected chi connectivity index (χ3v) is 12.6. The number of esters is 1. The van der Waals surface area contributed by atoms with E-state index in [1.165, 1.54) is 7.11 Å². The third kappa shape index (κ3) is 12.5. The number of carbonyl (C=O) groups excluding carboxylic acids is 1. The van der Waals surface area contributed by atoms with E-state index in [1.54, 1.807) is 48.7 Å². The van der Waals surface area contributed by atoms with E-state index in [1.807, 2.05) is 39.8 Å². The Morgan fingerprint density at radius 2 is 1.60 bits per heavy atom. The summed E-state index contributed by atoms with van der Waals surface area (Å²) in [6, 6.07) is -0.341. The number of aliphatic hydroxyl groups excluding tert-OH is 4. The molecule has 3 aliphatic rings. The number of ether oxygens (including phenoxy) is 8. The van der Waals surface area contributed by atoms with E-state index in [-0.39, 0.29) is 38.4 Å². The summed E-state index contributed by atoms with van der Waals surface area (Å²) in [6.45, 7) is 15.6. The summed E-state index contributed by atoms with van der Waals surface area (Å²) >= 11 is 0.